The second kappa shape index (κ2) is 5.29. The van der Waals surface area contributed by atoms with Crippen molar-refractivity contribution in [2.75, 3.05) is 5.32 Å². The fraction of sp³-hybridized carbons (Fsp3) is 0.118. The van der Waals surface area contributed by atoms with Crippen molar-refractivity contribution >= 4 is 16.6 Å². The van der Waals surface area contributed by atoms with Crippen LogP contribution < -0.4 is 5.32 Å². The Kier molecular flexibility index (Phi) is 3.33. The maximum Gasteiger partial charge on any atom is 0.128 e. The molecule has 0 saturated heterocycles. The molecule has 2 nitrogen and oxygen atoms in total. The number of rotatable bonds is 3. The molecule has 3 rings (SSSR count). The number of nitrogens with one attached hydrogen (secondary N) is 1. The number of fused-ring (bicyclic) bond motifs is 1. The predicted molar refractivity (Wildman–Crippen MR) is 80.2 cm³/mol. The van der Waals surface area contributed by atoms with E-state index in [1.54, 1.807) is 18.3 Å². The third kappa shape index (κ3) is 2.35. The van der Waals surface area contributed by atoms with Crippen molar-refractivity contribution < 1.29 is 4.39 Å². The monoisotopic (exact) mass is 266 g/mol. The highest BCUT2D eigenvalue weighted by atomic mass is 19.1. The van der Waals surface area contributed by atoms with Crippen molar-refractivity contribution in [3.05, 3.63) is 72.2 Å². The highest BCUT2D eigenvalue weighted by Crippen LogP contribution is 2.26. The molecule has 1 heterocycles. The van der Waals surface area contributed by atoms with Crippen LogP contribution in [0.2, 0.25) is 0 Å². The first-order valence-electron chi connectivity index (χ1n) is 6.60. The van der Waals surface area contributed by atoms with E-state index in [2.05, 4.69) is 10.3 Å². The summed E-state index contributed by atoms with van der Waals surface area (Å²) in [5, 5.41) is 4.40. The van der Waals surface area contributed by atoms with Crippen LogP contribution in [0, 0.1) is 5.82 Å². The van der Waals surface area contributed by atoms with Crippen LogP contribution in [0.4, 0.5) is 10.1 Å². The second-order valence-corrected chi connectivity index (χ2v) is 4.76. The number of aromatic nitrogens is 1. The van der Waals surface area contributed by atoms with Crippen molar-refractivity contribution in [3.63, 3.8) is 0 Å². The third-order valence-corrected chi connectivity index (χ3v) is 3.39. The molecule has 3 aromatic rings. The van der Waals surface area contributed by atoms with Crippen LogP contribution in [0.15, 0.2) is 60.8 Å². The molecular weight excluding hydrogens is 251 g/mol. The number of nitrogens with zero attached hydrogens (tertiary/aromatic N) is 1. The Balaban J connectivity index is 1.96. The van der Waals surface area contributed by atoms with Crippen LogP contribution in [-0.2, 0) is 0 Å². The van der Waals surface area contributed by atoms with E-state index in [0.717, 1.165) is 16.6 Å². The molecule has 1 aromatic heterocycles. The zero-order valence-corrected chi connectivity index (χ0v) is 11.2. The van der Waals surface area contributed by atoms with Gasteiger partial charge in [0.2, 0.25) is 0 Å². The predicted octanol–water partition coefficient (Wildman–Crippen LogP) is 4.55. The smallest absolute Gasteiger partial charge is 0.128 e. The Morgan fingerprint density at radius 3 is 2.60 bits per heavy atom. The summed E-state index contributed by atoms with van der Waals surface area (Å²) >= 11 is 0. The summed E-state index contributed by atoms with van der Waals surface area (Å²) < 4.78 is 13.8. The summed E-state index contributed by atoms with van der Waals surface area (Å²) in [4.78, 5) is 4.33. The largest absolute Gasteiger partial charge is 0.378 e. The Bertz CT molecular complexity index is 734. The van der Waals surface area contributed by atoms with Gasteiger partial charge in [-0.05, 0) is 25.1 Å². The van der Waals surface area contributed by atoms with Gasteiger partial charge in [-0.15, -0.1) is 0 Å². The lowest BCUT2D eigenvalue weighted by Crippen LogP contribution is -2.08. The summed E-state index contributed by atoms with van der Waals surface area (Å²) in [7, 11) is 0. The summed E-state index contributed by atoms with van der Waals surface area (Å²) in [6, 6.07) is 16.6. The molecule has 0 unspecified atom stereocenters. The molecule has 0 radical (unpaired) electrons. The van der Waals surface area contributed by atoms with E-state index in [9.17, 15) is 4.39 Å². The Morgan fingerprint density at radius 1 is 1.00 bits per heavy atom. The lowest BCUT2D eigenvalue weighted by atomic mass is 10.1. The van der Waals surface area contributed by atoms with E-state index in [4.69, 9.17) is 0 Å². The topological polar surface area (TPSA) is 24.9 Å². The number of pyridine rings is 1. The van der Waals surface area contributed by atoms with Gasteiger partial charge in [-0.2, -0.15) is 0 Å². The van der Waals surface area contributed by atoms with Gasteiger partial charge in [-0.25, -0.2) is 4.39 Å². The molecule has 0 aliphatic rings. The van der Waals surface area contributed by atoms with Crippen LogP contribution in [0.25, 0.3) is 10.9 Å². The molecule has 0 amide bonds. The van der Waals surface area contributed by atoms with Crippen molar-refractivity contribution in [2.24, 2.45) is 0 Å². The maximum absolute atomic E-state index is 13.8. The summed E-state index contributed by atoms with van der Waals surface area (Å²) in [5.74, 6) is -0.189. The first-order chi connectivity index (χ1) is 9.75. The molecule has 0 aliphatic carbocycles. The molecule has 1 N–H and O–H groups in total. The molecule has 0 saturated carbocycles. The Labute approximate surface area is 117 Å². The van der Waals surface area contributed by atoms with Crippen LogP contribution in [0.1, 0.15) is 18.5 Å². The number of benzene rings is 2. The average Bonchev–Trinajstić information content (AvgIpc) is 2.48. The maximum atomic E-state index is 13.8. The van der Waals surface area contributed by atoms with Crippen molar-refractivity contribution in [1.29, 1.82) is 0 Å². The summed E-state index contributed by atoms with van der Waals surface area (Å²) in [5.41, 5.74) is 2.55. The SMILES string of the molecule is C[C@@H](Nc1ccnc2ccccc12)c1ccccc1F. The van der Waals surface area contributed by atoms with Gasteiger partial charge < -0.3 is 5.32 Å². The number of hydrogen-bond acceptors (Lipinski definition) is 2. The highest BCUT2D eigenvalue weighted by Gasteiger charge is 2.11. The minimum atomic E-state index is -0.189. The van der Waals surface area contributed by atoms with Crippen LogP contribution in [0.5, 0.6) is 0 Å². The molecule has 0 aliphatic heterocycles. The zero-order valence-electron chi connectivity index (χ0n) is 11.2. The molecule has 3 heteroatoms. The van der Waals surface area contributed by atoms with Gasteiger partial charge in [0.1, 0.15) is 5.82 Å². The van der Waals surface area contributed by atoms with E-state index in [0.29, 0.717) is 5.56 Å². The molecule has 20 heavy (non-hydrogen) atoms. The van der Waals surface area contributed by atoms with Gasteiger partial charge in [-0.3, -0.25) is 4.98 Å². The highest BCUT2D eigenvalue weighted by molar-refractivity contribution is 5.91. The minimum Gasteiger partial charge on any atom is -0.378 e. The standard InChI is InChI=1S/C17H15FN2/c1-12(13-6-2-4-8-15(13)18)20-17-10-11-19-16-9-5-3-7-14(16)17/h2-12H,1H3,(H,19,20)/t12-/m1/s1. The average molecular weight is 266 g/mol. The van der Waals surface area contributed by atoms with E-state index in [-0.39, 0.29) is 11.9 Å². The van der Waals surface area contributed by atoms with Gasteiger partial charge in [0.25, 0.3) is 0 Å². The lowest BCUT2D eigenvalue weighted by Gasteiger charge is -2.17. The third-order valence-electron chi connectivity index (χ3n) is 3.39. The van der Waals surface area contributed by atoms with Crippen molar-refractivity contribution in [1.82, 2.24) is 4.98 Å². The molecule has 0 fully saturated rings. The zero-order chi connectivity index (χ0) is 13.9. The summed E-state index contributed by atoms with van der Waals surface area (Å²) in [6.07, 6.45) is 1.76. The lowest BCUT2D eigenvalue weighted by molar-refractivity contribution is 0.600. The quantitative estimate of drug-likeness (QED) is 0.752. The van der Waals surface area contributed by atoms with E-state index < -0.39 is 0 Å². The van der Waals surface area contributed by atoms with Crippen molar-refractivity contribution in [3.8, 4) is 0 Å². The van der Waals surface area contributed by atoms with E-state index in [1.807, 2.05) is 43.3 Å². The van der Waals surface area contributed by atoms with Gasteiger partial charge in [0.15, 0.2) is 0 Å². The second-order valence-electron chi connectivity index (χ2n) is 4.76. The molecular formula is C17H15FN2. The molecule has 0 spiro atoms. The number of anilines is 1. The van der Waals surface area contributed by atoms with Gasteiger partial charge >= 0.3 is 0 Å². The number of halogens is 1. The van der Waals surface area contributed by atoms with E-state index >= 15 is 0 Å². The normalized spacial score (nSPS) is 12.3. The van der Waals surface area contributed by atoms with E-state index in [1.165, 1.54) is 6.07 Å². The van der Waals surface area contributed by atoms with Gasteiger partial charge in [0.05, 0.1) is 11.6 Å². The number of hydrogen-bond donors (Lipinski definition) is 1. The molecule has 100 valence electrons. The number of para-hydroxylation sites is 1. The van der Waals surface area contributed by atoms with Crippen molar-refractivity contribution in [2.45, 2.75) is 13.0 Å². The Morgan fingerprint density at radius 2 is 1.75 bits per heavy atom. The summed E-state index contributed by atoms with van der Waals surface area (Å²) in [6.45, 7) is 1.95. The van der Waals surface area contributed by atoms with Gasteiger partial charge in [0, 0.05) is 22.8 Å². The molecule has 0 bridgehead atoms. The van der Waals surface area contributed by atoms with Crippen LogP contribution in [0.3, 0.4) is 0 Å². The first-order valence-corrected chi connectivity index (χ1v) is 6.60. The molecule has 2 aromatic carbocycles. The van der Waals surface area contributed by atoms with Crippen LogP contribution in [-0.4, -0.2) is 4.98 Å². The minimum absolute atomic E-state index is 0.109. The first kappa shape index (κ1) is 12.6. The molecule has 1 atom stereocenters. The van der Waals surface area contributed by atoms with Crippen LogP contribution >= 0.6 is 0 Å². The fourth-order valence-corrected chi connectivity index (χ4v) is 2.36. The fourth-order valence-electron chi connectivity index (χ4n) is 2.36. The van der Waals surface area contributed by atoms with Gasteiger partial charge in [-0.1, -0.05) is 36.4 Å². The Hall–Kier alpha value is -2.42.